The summed E-state index contributed by atoms with van der Waals surface area (Å²) in [6.07, 6.45) is -5.29. The molecular weight excluding hydrogens is 340 g/mol. The summed E-state index contributed by atoms with van der Waals surface area (Å²) in [5, 5.41) is 9.98. The molecule has 25 heavy (non-hydrogen) atoms. The summed E-state index contributed by atoms with van der Waals surface area (Å²) in [6.45, 7) is 1.05. The number of ether oxygens (including phenoxy) is 1. The van der Waals surface area contributed by atoms with Crippen LogP contribution in [0, 0.1) is 5.82 Å². The smallest absolute Gasteiger partial charge is 0.393 e. The van der Waals surface area contributed by atoms with Crippen molar-refractivity contribution >= 4 is 5.97 Å². The highest BCUT2D eigenvalue weighted by molar-refractivity contribution is 5.65. The Morgan fingerprint density at radius 1 is 1.08 bits per heavy atom. The summed E-state index contributed by atoms with van der Waals surface area (Å²) in [4.78, 5) is 10.8. The lowest BCUT2D eigenvalue weighted by Crippen LogP contribution is -2.11. The molecule has 0 fully saturated rings. The van der Waals surface area contributed by atoms with Crippen molar-refractivity contribution in [1.29, 1.82) is 0 Å². The number of aromatic hydroxyl groups is 1. The van der Waals surface area contributed by atoms with Crippen LogP contribution >= 0.6 is 0 Å². The minimum atomic E-state index is -4.29. The second-order valence-corrected chi connectivity index (χ2v) is 5.64. The van der Waals surface area contributed by atoms with Crippen molar-refractivity contribution in [1.82, 2.24) is 0 Å². The SMILES string of the molecule is CC(=O)OCc1cc(O)c(Cc2ccc(CC(F)(F)F)cc2)c(F)c1. The van der Waals surface area contributed by atoms with E-state index in [9.17, 15) is 27.5 Å². The first kappa shape index (κ1) is 18.8. The van der Waals surface area contributed by atoms with E-state index < -0.39 is 24.4 Å². The van der Waals surface area contributed by atoms with Gasteiger partial charge in [0.15, 0.2) is 0 Å². The predicted molar refractivity (Wildman–Crippen MR) is 82.5 cm³/mol. The highest BCUT2D eigenvalue weighted by Crippen LogP contribution is 2.27. The Morgan fingerprint density at radius 3 is 2.20 bits per heavy atom. The number of carbonyl (C=O) groups excluding carboxylic acids is 1. The maximum absolute atomic E-state index is 14.2. The van der Waals surface area contributed by atoms with Crippen molar-refractivity contribution in [3.8, 4) is 5.75 Å². The van der Waals surface area contributed by atoms with Crippen molar-refractivity contribution in [3.05, 3.63) is 64.5 Å². The quantitative estimate of drug-likeness (QED) is 0.642. The van der Waals surface area contributed by atoms with Crippen LogP contribution < -0.4 is 0 Å². The minimum absolute atomic E-state index is 0.0233. The zero-order valence-corrected chi connectivity index (χ0v) is 13.4. The van der Waals surface area contributed by atoms with E-state index in [4.69, 9.17) is 4.74 Å². The van der Waals surface area contributed by atoms with Gasteiger partial charge in [0.25, 0.3) is 0 Å². The number of alkyl halides is 3. The van der Waals surface area contributed by atoms with Crippen LogP contribution in [0.4, 0.5) is 17.6 Å². The molecule has 0 aliphatic carbocycles. The van der Waals surface area contributed by atoms with Gasteiger partial charge in [-0.05, 0) is 28.8 Å². The van der Waals surface area contributed by atoms with Gasteiger partial charge >= 0.3 is 12.1 Å². The number of rotatable bonds is 5. The number of benzene rings is 2. The summed E-state index contributed by atoms with van der Waals surface area (Å²) >= 11 is 0. The fraction of sp³-hybridized carbons (Fsp3) is 0.278. The molecule has 0 spiro atoms. The number of carbonyl (C=O) groups is 1. The highest BCUT2D eigenvalue weighted by Gasteiger charge is 2.27. The van der Waals surface area contributed by atoms with E-state index in [0.29, 0.717) is 11.1 Å². The van der Waals surface area contributed by atoms with E-state index >= 15 is 0 Å². The molecule has 3 nitrogen and oxygen atoms in total. The molecule has 7 heteroatoms. The molecule has 0 aromatic heterocycles. The van der Waals surface area contributed by atoms with Crippen LogP contribution in [0.15, 0.2) is 36.4 Å². The maximum atomic E-state index is 14.2. The van der Waals surface area contributed by atoms with Gasteiger partial charge in [0.05, 0.1) is 6.42 Å². The number of hydrogen-bond donors (Lipinski definition) is 1. The van der Waals surface area contributed by atoms with Gasteiger partial charge in [0.2, 0.25) is 0 Å². The third kappa shape index (κ3) is 5.77. The first-order valence-electron chi connectivity index (χ1n) is 7.42. The molecule has 0 amide bonds. The van der Waals surface area contributed by atoms with E-state index in [2.05, 4.69) is 0 Å². The molecule has 0 bridgehead atoms. The number of halogens is 4. The van der Waals surface area contributed by atoms with Crippen molar-refractivity contribution < 1.29 is 32.2 Å². The van der Waals surface area contributed by atoms with Gasteiger partial charge in [-0.25, -0.2) is 4.39 Å². The van der Waals surface area contributed by atoms with Crippen LogP contribution in [0.3, 0.4) is 0 Å². The molecule has 0 heterocycles. The highest BCUT2D eigenvalue weighted by atomic mass is 19.4. The monoisotopic (exact) mass is 356 g/mol. The summed E-state index contributed by atoms with van der Waals surface area (Å²) in [6, 6.07) is 8.02. The third-order valence-corrected chi connectivity index (χ3v) is 3.48. The molecule has 0 atom stereocenters. The molecule has 0 saturated carbocycles. The Labute approximate surface area is 141 Å². The van der Waals surface area contributed by atoms with E-state index in [1.54, 1.807) is 0 Å². The number of hydrogen-bond acceptors (Lipinski definition) is 3. The lowest BCUT2D eigenvalue weighted by atomic mass is 10.00. The summed E-state index contributed by atoms with van der Waals surface area (Å²) < 4.78 is 55.9. The van der Waals surface area contributed by atoms with Crippen LogP contribution in [0.1, 0.15) is 29.2 Å². The first-order chi connectivity index (χ1) is 11.6. The molecule has 0 radical (unpaired) electrons. The Bertz CT molecular complexity index is 729. The average Bonchev–Trinajstić information content (AvgIpc) is 2.49. The van der Waals surface area contributed by atoms with Crippen LogP contribution in [-0.2, 0) is 29.0 Å². The molecule has 0 aliphatic rings. The largest absolute Gasteiger partial charge is 0.508 e. The van der Waals surface area contributed by atoms with Crippen molar-refractivity contribution in [2.75, 3.05) is 0 Å². The van der Waals surface area contributed by atoms with E-state index in [1.165, 1.54) is 37.3 Å². The van der Waals surface area contributed by atoms with Crippen molar-refractivity contribution in [3.63, 3.8) is 0 Å². The van der Waals surface area contributed by atoms with Crippen molar-refractivity contribution in [2.24, 2.45) is 0 Å². The van der Waals surface area contributed by atoms with Gasteiger partial charge in [-0.2, -0.15) is 13.2 Å². The van der Waals surface area contributed by atoms with Crippen LogP contribution in [0.5, 0.6) is 5.75 Å². The topological polar surface area (TPSA) is 46.5 Å². The Kier molecular flexibility index (Phi) is 5.66. The van der Waals surface area contributed by atoms with Gasteiger partial charge in [0, 0.05) is 18.9 Å². The number of esters is 1. The maximum Gasteiger partial charge on any atom is 0.393 e. The second-order valence-electron chi connectivity index (χ2n) is 5.64. The lowest BCUT2D eigenvalue weighted by Gasteiger charge is -2.11. The predicted octanol–water partition coefficient (Wildman–Crippen LogP) is 4.29. The normalized spacial score (nSPS) is 11.4. The molecular formula is C18H16F4O3. The Morgan fingerprint density at radius 2 is 1.68 bits per heavy atom. The minimum Gasteiger partial charge on any atom is -0.508 e. The van der Waals surface area contributed by atoms with Crippen LogP contribution in [0.25, 0.3) is 0 Å². The molecule has 134 valence electrons. The standard InChI is InChI=1S/C18H16F4O3/c1-11(23)25-10-14-7-16(19)15(17(24)8-14)6-12-2-4-13(5-3-12)9-18(20,21)22/h2-5,7-8,24H,6,9-10H2,1H3. The third-order valence-electron chi connectivity index (χ3n) is 3.48. The second kappa shape index (κ2) is 7.55. The number of phenolic OH excluding ortho intramolecular Hbond substituents is 1. The summed E-state index contributed by atoms with van der Waals surface area (Å²) in [5.41, 5.74) is 0.996. The molecule has 0 saturated heterocycles. The van der Waals surface area contributed by atoms with Crippen LogP contribution in [-0.4, -0.2) is 17.3 Å². The van der Waals surface area contributed by atoms with Gasteiger partial charge in [-0.15, -0.1) is 0 Å². The van der Waals surface area contributed by atoms with Gasteiger partial charge in [-0.3, -0.25) is 4.79 Å². The van der Waals surface area contributed by atoms with Crippen LogP contribution in [0.2, 0.25) is 0 Å². The fourth-order valence-corrected chi connectivity index (χ4v) is 2.33. The summed E-state index contributed by atoms with van der Waals surface area (Å²) in [5.74, 6) is -1.51. The molecule has 1 N–H and O–H groups in total. The molecule has 2 rings (SSSR count). The zero-order valence-electron chi connectivity index (χ0n) is 13.4. The molecule has 2 aromatic carbocycles. The lowest BCUT2D eigenvalue weighted by molar-refractivity contribution is -0.142. The Balaban J connectivity index is 2.13. The molecule has 0 aliphatic heterocycles. The van der Waals surface area contributed by atoms with E-state index in [-0.39, 0.29) is 29.9 Å². The molecule has 0 unspecified atom stereocenters. The van der Waals surface area contributed by atoms with E-state index in [0.717, 1.165) is 6.07 Å². The average molecular weight is 356 g/mol. The molecule has 2 aromatic rings. The van der Waals surface area contributed by atoms with Gasteiger partial charge < -0.3 is 9.84 Å². The Hall–Kier alpha value is -2.57. The van der Waals surface area contributed by atoms with Gasteiger partial charge in [0.1, 0.15) is 18.2 Å². The first-order valence-corrected chi connectivity index (χ1v) is 7.42. The van der Waals surface area contributed by atoms with Crippen molar-refractivity contribution in [2.45, 2.75) is 32.5 Å². The summed E-state index contributed by atoms with van der Waals surface area (Å²) in [7, 11) is 0. The number of phenols is 1. The van der Waals surface area contributed by atoms with E-state index in [1.807, 2.05) is 0 Å². The van der Waals surface area contributed by atoms with Gasteiger partial charge in [-0.1, -0.05) is 24.3 Å². The zero-order chi connectivity index (χ0) is 18.6. The fourth-order valence-electron chi connectivity index (χ4n) is 2.33.